The Kier molecular flexibility index (Phi) is 13.1. The number of ether oxygens (including phenoxy) is 2. The second-order valence-corrected chi connectivity index (χ2v) is 10.9. The molecule has 0 bridgehead atoms. The van der Waals surface area contributed by atoms with Gasteiger partial charge in [0.25, 0.3) is 5.91 Å². The third kappa shape index (κ3) is 13.5. The number of hydrogen-bond donors (Lipinski definition) is 4. The van der Waals surface area contributed by atoms with Gasteiger partial charge in [0.05, 0.1) is 53.5 Å². The van der Waals surface area contributed by atoms with Crippen molar-refractivity contribution in [3.63, 3.8) is 0 Å². The van der Waals surface area contributed by atoms with Gasteiger partial charge in [0.1, 0.15) is 25.3 Å². The van der Waals surface area contributed by atoms with E-state index in [1.807, 2.05) is 7.05 Å². The quantitative estimate of drug-likeness (QED) is 0.0706. The highest BCUT2D eigenvalue weighted by Crippen LogP contribution is 2.18. The topological polar surface area (TPSA) is 124 Å². The lowest BCUT2D eigenvalue weighted by molar-refractivity contribution is -0.910. The maximum atomic E-state index is 12.3. The number of nitrogens with zero attached hydrogens (tertiary/aromatic N) is 2. The van der Waals surface area contributed by atoms with Gasteiger partial charge in [0, 0.05) is 58.8 Å². The molecule has 2 fully saturated rings. The Morgan fingerprint density at radius 1 is 0.722 bits per heavy atom. The first kappa shape index (κ1) is 30.4. The van der Waals surface area contributed by atoms with E-state index >= 15 is 0 Å². The van der Waals surface area contributed by atoms with Crippen molar-refractivity contribution in [2.75, 3.05) is 99.8 Å². The minimum atomic E-state index is -0.528. The van der Waals surface area contributed by atoms with Crippen molar-refractivity contribution >= 4 is 17.7 Å². The van der Waals surface area contributed by atoms with Crippen LogP contribution in [0.3, 0.4) is 0 Å². The van der Waals surface area contributed by atoms with Crippen LogP contribution in [-0.2, 0) is 19.1 Å². The lowest BCUT2D eigenvalue weighted by Gasteiger charge is -2.34. The van der Waals surface area contributed by atoms with Crippen LogP contribution < -0.4 is 21.3 Å². The standard InChI is InChI=1S/C25H48N6O5/c1-21(32)24(33)27-10-6-14-31(4,18-23-20-36-23)16-8-12-29-25(34)28-11-7-15-30(3,13-5-9-26-2)17-22-19-35-22/h22-23,26H,5-20H2,1-4H3,(H-2,27,28,29,33,34)/p+2. The van der Waals surface area contributed by atoms with Crippen LogP contribution in [0.1, 0.15) is 32.6 Å². The Morgan fingerprint density at radius 2 is 1.11 bits per heavy atom. The summed E-state index contributed by atoms with van der Waals surface area (Å²) in [5, 5.41) is 11.9. The third-order valence-corrected chi connectivity index (χ3v) is 7.02. The van der Waals surface area contributed by atoms with Gasteiger partial charge in [-0.15, -0.1) is 0 Å². The first-order valence-electron chi connectivity index (χ1n) is 13.5. The maximum Gasteiger partial charge on any atom is 0.314 e. The van der Waals surface area contributed by atoms with Gasteiger partial charge in [-0.3, -0.25) is 9.59 Å². The Labute approximate surface area is 216 Å². The van der Waals surface area contributed by atoms with Gasteiger partial charge < -0.3 is 39.7 Å². The van der Waals surface area contributed by atoms with Crippen LogP contribution >= 0.6 is 0 Å². The van der Waals surface area contributed by atoms with Gasteiger partial charge in [-0.2, -0.15) is 0 Å². The molecule has 3 amide bonds. The summed E-state index contributed by atoms with van der Waals surface area (Å²) in [7, 11) is 6.46. The summed E-state index contributed by atoms with van der Waals surface area (Å²) < 4.78 is 12.7. The van der Waals surface area contributed by atoms with Gasteiger partial charge in [-0.05, 0) is 7.05 Å². The smallest absolute Gasteiger partial charge is 0.314 e. The summed E-state index contributed by atoms with van der Waals surface area (Å²) in [5.74, 6) is -0.993. The number of likely N-dealkylation sites (N-methyl/N-ethyl adjacent to an activating group) is 2. The fourth-order valence-electron chi connectivity index (χ4n) is 4.73. The van der Waals surface area contributed by atoms with E-state index in [4.69, 9.17) is 9.47 Å². The molecule has 36 heavy (non-hydrogen) atoms. The molecule has 2 aliphatic rings. The van der Waals surface area contributed by atoms with Crippen LogP contribution in [0.25, 0.3) is 0 Å². The number of nitrogens with one attached hydrogen (secondary N) is 4. The maximum absolute atomic E-state index is 12.3. The van der Waals surface area contributed by atoms with Crippen LogP contribution in [-0.4, -0.2) is 139 Å². The van der Waals surface area contributed by atoms with E-state index in [9.17, 15) is 14.4 Å². The highest BCUT2D eigenvalue weighted by molar-refractivity contribution is 6.35. The van der Waals surface area contributed by atoms with Gasteiger partial charge in [-0.25, -0.2) is 4.79 Å². The van der Waals surface area contributed by atoms with Crippen LogP contribution in [0.5, 0.6) is 0 Å². The number of amides is 3. The third-order valence-electron chi connectivity index (χ3n) is 7.02. The summed E-state index contributed by atoms with van der Waals surface area (Å²) >= 11 is 0. The highest BCUT2D eigenvalue weighted by Gasteiger charge is 2.34. The van der Waals surface area contributed by atoms with Crippen molar-refractivity contribution in [3.8, 4) is 0 Å². The second kappa shape index (κ2) is 15.5. The molecule has 0 spiro atoms. The van der Waals surface area contributed by atoms with Crippen LogP contribution in [0.2, 0.25) is 0 Å². The zero-order valence-corrected chi connectivity index (χ0v) is 22.9. The highest BCUT2D eigenvalue weighted by atomic mass is 16.6. The van der Waals surface area contributed by atoms with E-state index in [1.54, 1.807) is 0 Å². The molecule has 0 aromatic carbocycles. The summed E-state index contributed by atoms with van der Waals surface area (Å²) in [5.41, 5.74) is 0. The first-order valence-corrected chi connectivity index (χ1v) is 13.5. The molecule has 4 atom stereocenters. The van der Waals surface area contributed by atoms with Crippen molar-refractivity contribution in [2.45, 2.75) is 44.8 Å². The van der Waals surface area contributed by atoms with E-state index in [2.05, 4.69) is 35.4 Å². The fraction of sp³-hybridized carbons (Fsp3) is 0.880. The molecular formula is C25H50N6O5+2. The summed E-state index contributed by atoms with van der Waals surface area (Å²) in [6.07, 6.45) is 4.41. The number of carbonyl (C=O) groups excluding carboxylic acids is 3. The van der Waals surface area contributed by atoms with Crippen LogP contribution in [0, 0.1) is 0 Å². The molecular weight excluding hydrogens is 464 g/mol. The van der Waals surface area contributed by atoms with Gasteiger partial charge in [-0.1, -0.05) is 0 Å². The SMILES string of the molecule is CNCCC[N+](C)(CCCNC(=O)NCCC[N+](C)(CCCNC(=O)C(C)=O)CC1CO1)CC1CO1. The van der Waals surface area contributed by atoms with E-state index < -0.39 is 11.7 Å². The zero-order chi connectivity index (χ0) is 26.4. The van der Waals surface area contributed by atoms with Gasteiger partial charge >= 0.3 is 6.03 Å². The molecule has 0 aliphatic carbocycles. The minimum Gasteiger partial charge on any atom is -0.367 e. The Bertz CT molecular complexity index is 702. The van der Waals surface area contributed by atoms with Crippen LogP contribution in [0.15, 0.2) is 0 Å². The Hall–Kier alpha value is -1.79. The summed E-state index contributed by atoms with van der Waals surface area (Å²) in [6, 6.07) is -0.114. The van der Waals surface area contributed by atoms with E-state index in [0.717, 1.165) is 93.7 Å². The lowest BCUT2D eigenvalue weighted by atomic mass is 10.2. The van der Waals surface area contributed by atoms with Crippen molar-refractivity contribution in [2.24, 2.45) is 0 Å². The molecule has 11 heteroatoms. The molecule has 2 rings (SSSR count). The summed E-state index contributed by atoms with van der Waals surface area (Å²) in [4.78, 5) is 34.7. The predicted octanol–water partition coefficient (Wildman–Crippen LogP) is -0.539. The molecule has 0 radical (unpaired) electrons. The molecule has 4 N–H and O–H groups in total. The minimum absolute atomic E-state index is 0.114. The number of rotatable bonds is 21. The van der Waals surface area contributed by atoms with E-state index in [0.29, 0.717) is 31.8 Å². The molecule has 0 aromatic heterocycles. The molecule has 11 nitrogen and oxygen atoms in total. The number of carbonyl (C=O) groups is 3. The number of Topliss-reactive ketones (excluding diaryl/α,β-unsaturated/α-hetero) is 1. The molecule has 4 unspecified atom stereocenters. The molecule has 0 saturated carbocycles. The first-order chi connectivity index (χ1) is 17.1. The van der Waals surface area contributed by atoms with Gasteiger partial charge in [0.15, 0.2) is 0 Å². The molecule has 2 aliphatic heterocycles. The predicted molar refractivity (Wildman–Crippen MR) is 139 cm³/mol. The van der Waals surface area contributed by atoms with Crippen molar-refractivity contribution in [3.05, 3.63) is 0 Å². The fourth-order valence-corrected chi connectivity index (χ4v) is 4.73. The number of ketones is 1. The molecule has 2 saturated heterocycles. The van der Waals surface area contributed by atoms with E-state index in [1.165, 1.54) is 6.92 Å². The van der Waals surface area contributed by atoms with Gasteiger partial charge in [0.2, 0.25) is 5.78 Å². The Balaban J connectivity index is 1.60. The normalized spacial score (nSPS) is 21.7. The van der Waals surface area contributed by atoms with Crippen molar-refractivity contribution in [1.82, 2.24) is 21.3 Å². The average Bonchev–Trinajstić information content (AvgIpc) is 3.76. The second-order valence-electron chi connectivity index (χ2n) is 10.9. The van der Waals surface area contributed by atoms with Crippen LogP contribution in [0.4, 0.5) is 4.79 Å². The molecule has 0 aromatic rings. The van der Waals surface area contributed by atoms with Crippen molar-refractivity contribution < 1.29 is 32.8 Å². The monoisotopic (exact) mass is 514 g/mol. The lowest BCUT2D eigenvalue weighted by Crippen LogP contribution is -2.50. The zero-order valence-electron chi connectivity index (χ0n) is 22.9. The van der Waals surface area contributed by atoms with Crippen molar-refractivity contribution in [1.29, 1.82) is 0 Å². The molecule has 2 heterocycles. The number of urea groups is 1. The largest absolute Gasteiger partial charge is 0.367 e. The number of quaternary nitrogens is 2. The average molecular weight is 515 g/mol. The number of hydrogen-bond acceptors (Lipinski definition) is 6. The summed E-state index contributed by atoms with van der Waals surface area (Å²) in [6.45, 7) is 11.6. The Morgan fingerprint density at radius 3 is 1.47 bits per heavy atom. The van der Waals surface area contributed by atoms with E-state index in [-0.39, 0.29) is 6.03 Å². The number of epoxide rings is 2. The molecule has 208 valence electrons.